The van der Waals surface area contributed by atoms with Gasteiger partial charge in [0.25, 0.3) is 5.56 Å². The molecule has 0 N–H and O–H groups in total. The van der Waals surface area contributed by atoms with Crippen molar-refractivity contribution in [1.82, 2.24) is 14.5 Å². The van der Waals surface area contributed by atoms with Crippen LogP contribution in [0.3, 0.4) is 0 Å². The van der Waals surface area contributed by atoms with Crippen LogP contribution in [0, 0.1) is 0 Å². The Balaban J connectivity index is 1.32. The second-order valence-electron chi connectivity index (χ2n) is 8.66. The minimum Gasteiger partial charge on any atom is -0.497 e. The van der Waals surface area contributed by atoms with Gasteiger partial charge in [-0.05, 0) is 48.5 Å². The number of aryl methyl sites for hydroxylation is 1. The second kappa shape index (κ2) is 10.1. The van der Waals surface area contributed by atoms with E-state index in [0.29, 0.717) is 52.8 Å². The SMILES string of the molecule is COc1ccc(-n2c(=O)c(CCC(=O)N(C)CC3COc4ccccc4O3)nc3ccccc32)cc1. The fraction of sp³-hybridized carbons (Fsp3) is 0.250. The van der Waals surface area contributed by atoms with Crippen LogP contribution in [0.15, 0.2) is 77.6 Å². The van der Waals surface area contributed by atoms with Gasteiger partial charge in [0, 0.05) is 25.6 Å². The summed E-state index contributed by atoms with van der Waals surface area (Å²) in [6.07, 6.45) is 0.123. The average molecular weight is 486 g/mol. The zero-order chi connectivity index (χ0) is 25.1. The number of benzene rings is 3. The van der Waals surface area contributed by atoms with Crippen LogP contribution < -0.4 is 19.8 Å². The molecule has 0 fully saturated rings. The monoisotopic (exact) mass is 485 g/mol. The first-order valence-electron chi connectivity index (χ1n) is 11.8. The number of carbonyl (C=O) groups is 1. The van der Waals surface area contributed by atoms with Gasteiger partial charge >= 0.3 is 0 Å². The van der Waals surface area contributed by atoms with E-state index < -0.39 is 0 Å². The Morgan fingerprint density at radius 2 is 1.78 bits per heavy atom. The summed E-state index contributed by atoms with van der Waals surface area (Å²) in [5.41, 5.74) is 2.20. The molecular weight excluding hydrogens is 458 g/mol. The smallest absolute Gasteiger partial charge is 0.277 e. The van der Waals surface area contributed by atoms with Crippen LogP contribution >= 0.6 is 0 Å². The van der Waals surface area contributed by atoms with Gasteiger partial charge in [0.2, 0.25) is 5.91 Å². The van der Waals surface area contributed by atoms with Crippen molar-refractivity contribution >= 4 is 16.9 Å². The first-order valence-corrected chi connectivity index (χ1v) is 11.8. The number of aromatic nitrogens is 2. The van der Waals surface area contributed by atoms with Gasteiger partial charge in [0.05, 0.1) is 24.7 Å². The van der Waals surface area contributed by atoms with Gasteiger partial charge in [-0.2, -0.15) is 0 Å². The Labute approximate surface area is 208 Å². The predicted molar refractivity (Wildman–Crippen MR) is 136 cm³/mol. The van der Waals surface area contributed by atoms with Gasteiger partial charge in [0.15, 0.2) is 17.6 Å². The molecule has 3 aromatic carbocycles. The molecule has 1 amide bonds. The Kier molecular flexibility index (Phi) is 6.58. The minimum absolute atomic E-state index is 0.0946. The summed E-state index contributed by atoms with van der Waals surface area (Å²) in [6, 6.07) is 22.2. The molecule has 1 aliphatic heterocycles. The number of likely N-dealkylation sites (N-methyl/N-ethyl adjacent to an activating group) is 1. The minimum atomic E-state index is -0.264. The standard InChI is InChI=1S/C28H27N3O5/c1-30(17-21-18-35-25-9-5-6-10-26(25)36-21)27(32)16-15-23-28(33)31(19-11-13-20(34-2)14-12-19)24-8-4-3-7-22(24)29-23/h3-14,21H,15-18H2,1-2H3. The molecule has 0 aliphatic carbocycles. The van der Waals surface area contributed by atoms with Crippen molar-refractivity contribution in [2.75, 3.05) is 27.3 Å². The van der Waals surface area contributed by atoms with Gasteiger partial charge in [-0.3, -0.25) is 14.2 Å². The van der Waals surface area contributed by atoms with Crippen LogP contribution in [-0.2, 0) is 11.2 Å². The summed E-state index contributed by atoms with van der Waals surface area (Å²) in [4.78, 5) is 32.6. The van der Waals surface area contributed by atoms with Gasteiger partial charge < -0.3 is 19.1 Å². The van der Waals surface area contributed by atoms with Crippen molar-refractivity contribution in [1.29, 1.82) is 0 Å². The van der Waals surface area contributed by atoms with E-state index in [1.807, 2.05) is 72.8 Å². The molecule has 8 heteroatoms. The van der Waals surface area contributed by atoms with Crippen molar-refractivity contribution < 1.29 is 19.0 Å². The number of fused-ring (bicyclic) bond motifs is 2. The molecule has 184 valence electrons. The third kappa shape index (κ3) is 4.75. The van der Waals surface area contributed by atoms with Crippen LogP contribution in [0.4, 0.5) is 0 Å². The molecule has 0 saturated heterocycles. The number of carbonyl (C=O) groups excluding carboxylic acids is 1. The lowest BCUT2D eigenvalue weighted by molar-refractivity contribution is -0.131. The maximum absolute atomic E-state index is 13.5. The van der Waals surface area contributed by atoms with Crippen molar-refractivity contribution in [2.24, 2.45) is 0 Å². The zero-order valence-electron chi connectivity index (χ0n) is 20.2. The molecule has 1 unspecified atom stereocenters. The number of hydrogen-bond donors (Lipinski definition) is 0. The van der Waals surface area contributed by atoms with Crippen molar-refractivity contribution in [2.45, 2.75) is 18.9 Å². The van der Waals surface area contributed by atoms with E-state index in [1.165, 1.54) is 0 Å². The molecule has 36 heavy (non-hydrogen) atoms. The van der Waals surface area contributed by atoms with E-state index in [9.17, 15) is 9.59 Å². The summed E-state index contributed by atoms with van der Waals surface area (Å²) in [6.45, 7) is 0.752. The molecule has 1 aliphatic rings. The molecule has 0 saturated carbocycles. The molecule has 4 aromatic rings. The van der Waals surface area contributed by atoms with E-state index in [2.05, 4.69) is 4.98 Å². The van der Waals surface area contributed by atoms with Crippen molar-refractivity contribution in [3.8, 4) is 22.9 Å². The largest absolute Gasteiger partial charge is 0.497 e. The molecule has 8 nitrogen and oxygen atoms in total. The first kappa shape index (κ1) is 23.4. The zero-order valence-corrected chi connectivity index (χ0v) is 20.2. The van der Waals surface area contributed by atoms with E-state index in [0.717, 1.165) is 0 Å². The summed E-state index contributed by atoms with van der Waals surface area (Å²) in [5.74, 6) is 1.99. The molecule has 0 spiro atoms. The summed E-state index contributed by atoms with van der Waals surface area (Å²) in [7, 11) is 3.33. The molecule has 0 radical (unpaired) electrons. The van der Waals surface area contributed by atoms with E-state index in [4.69, 9.17) is 14.2 Å². The van der Waals surface area contributed by atoms with Crippen LogP contribution in [0.2, 0.25) is 0 Å². The number of para-hydroxylation sites is 4. The van der Waals surface area contributed by atoms with E-state index in [1.54, 1.807) is 23.6 Å². The maximum atomic E-state index is 13.5. The topological polar surface area (TPSA) is 82.9 Å². The van der Waals surface area contributed by atoms with Crippen LogP contribution in [0.1, 0.15) is 12.1 Å². The lowest BCUT2D eigenvalue weighted by Crippen LogP contribution is -2.42. The third-order valence-corrected chi connectivity index (χ3v) is 6.21. The van der Waals surface area contributed by atoms with E-state index >= 15 is 0 Å². The third-order valence-electron chi connectivity index (χ3n) is 6.21. The van der Waals surface area contributed by atoms with E-state index in [-0.39, 0.29) is 30.4 Å². The fourth-order valence-corrected chi connectivity index (χ4v) is 4.31. The summed E-state index contributed by atoms with van der Waals surface area (Å²) >= 11 is 0. The quantitative estimate of drug-likeness (QED) is 0.398. The number of hydrogen-bond acceptors (Lipinski definition) is 6. The second-order valence-corrected chi connectivity index (χ2v) is 8.66. The number of nitrogens with zero attached hydrogens (tertiary/aromatic N) is 3. The van der Waals surface area contributed by atoms with Crippen molar-refractivity contribution in [3.63, 3.8) is 0 Å². The Bertz CT molecular complexity index is 1450. The van der Waals surface area contributed by atoms with Gasteiger partial charge in [0.1, 0.15) is 18.1 Å². The molecule has 1 aromatic heterocycles. The lowest BCUT2D eigenvalue weighted by Gasteiger charge is -2.29. The normalized spacial score (nSPS) is 14.4. The highest BCUT2D eigenvalue weighted by molar-refractivity contribution is 5.78. The number of amides is 1. The Hall–Kier alpha value is -4.33. The molecule has 0 bridgehead atoms. The first-order chi connectivity index (χ1) is 17.5. The fourth-order valence-electron chi connectivity index (χ4n) is 4.31. The highest BCUT2D eigenvalue weighted by Crippen LogP contribution is 2.31. The average Bonchev–Trinajstić information content (AvgIpc) is 2.91. The molecule has 1 atom stereocenters. The lowest BCUT2D eigenvalue weighted by atomic mass is 10.2. The summed E-state index contributed by atoms with van der Waals surface area (Å²) in [5, 5.41) is 0. The van der Waals surface area contributed by atoms with Gasteiger partial charge in [-0.1, -0.05) is 24.3 Å². The number of ether oxygens (including phenoxy) is 3. The summed E-state index contributed by atoms with van der Waals surface area (Å²) < 4.78 is 18.6. The molecular formula is C28H27N3O5. The highest BCUT2D eigenvalue weighted by Gasteiger charge is 2.24. The Morgan fingerprint density at radius 1 is 1.06 bits per heavy atom. The predicted octanol–water partition coefficient (Wildman–Crippen LogP) is 3.63. The maximum Gasteiger partial charge on any atom is 0.277 e. The van der Waals surface area contributed by atoms with Crippen LogP contribution in [0.5, 0.6) is 17.2 Å². The Morgan fingerprint density at radius 3 is 2.56 bits per heavy atom. The molecule has 2 heterocycles. The van der Waals surface area contributed by atoms with Crippen LogP contribution in [-0.4, -0.2) is 53.8 Å². The van der Waals surface area contributed by atoms with Gasteiger partial charge in [-0.25, -0.2) is 4.98 Å². The van der Waals surface area contributed by atoms with Crippen molar-refractivity contribution in [3.05, 3.63) is 88.8 Å². The van der Waals surface area contributed by atoms with Gasteiger partial charge in [-0.15, -0.1) is 0 Å². The molecule has 5 rings (SSSR count). The number of methoxy groups -OCH3 is 1. The number of rotatable bonds is 7. The van der Waals surface area contributed by atoms with Crippen LogP contribution in [0.25, 0.3) is 16.7 Å². The highest BCUT2D eigenvalue weighted by atomic mass is 16.6.